The standard InChI is InChI=1S/C22H37N3O5/c1-3-11-29-12-13-30-16-21(28)7-5-4-6-8-22(18(2)26)24-15-20(27)10-9-19-14-23-17-25-19/h14,17,22,24H,3-13,15-16H2,1-2H3,(H,23,25)/t22-/m0/s1. The van der Waals surface area contributed by atoms with E-state index in [1.165, 1.54) is 6.92 Å². The number of H-pyrrole nitrogens is 1. The van der Waals surface area contributed by atoms with Gasteiger partial charge in [0.2, 0.25) is 0 Å². The summed E-state index contributed by atoms with van der Waals surface area (Å²) in [7, 11) is 0. The van der Waals surface area contributed by atoms with Gasteiger partial charge in [-0.15, -0.1) is 0 Å². The third-order valence-corrected chi connectivity index (χ3v) is 4.70. The molecule has 0 aliphatic heterocycles. The van der Waals surface area contributed by atoms with E-state index in [-0.39, 0.29) is 36.5 Å². The minimum atomic E-state index is -0.316. The van der Waals surface area contributed by atoms with Crippen LogP contribution in [0.5, 0.6) is 0 Å². The van der Waals surface area contributed by atoms with E-state index in [0.29, 0.717) is 45.5 Å². The number of hydrogen-bond donors (Lipinski definition) is 2. The van der Waals surface area contributed by atoms with Crippen molar-refractivity contribution in [2.75, 3.05) is 33.0 Å². The molecule has 0 aliphatic rings. The second-order valence-electron chi connectivity index (χ2n) is 7.46. The van der Waals surface area contributed by atoms with Crippen LogP contribution in [0.3, 0.4) is 0 Å². The summed E-state index contributed by atoms with van der Waals surface area (Å²) in [5, 5.41) is 3.07. The van der Waals surface area contributed by atoms with Gasteiger partial charge in [0.05, 0.1) is 32.1 Å². The number of imidazole rings is 1. The average molecular weight is 424 g/mol. The Morgan fingerprint density at radius 3 is 2.57 bits per heavy atom. The van der Waals surface area contributed by atoms with Gasteiger partial charge in [-0.25, -0.2) is 4.98 Å². The van der Waals surface area contributed by atoms with Crippen LogP contribution in [0.25, 0.3) is 0 Å². The molecule has 0 fully saturated rings. The summed E-state index contributed by atoms with van der Waals surface area (Å²) in [6.45, 7) is 5.59. The number of unbranched alkanes of at least 4 members (excludes halogenated alkanes) is 2. The number of Topliss-reactive ketones (excluding diaryl/α,β-unsaturated/α-hetero) is 3. The molecule has 2 N–H and O–H groups in total. The number of ether oxygens (including phenoxy) is 2. The molecule has 0 spiro atoms. The van der Waals surface area contributed by atoms with Gasteiger partial charge in [0.25, 0.3) is 0 Å². The summed E-state index contributed by atoms with van der Waals surface area (Å²) in [4.78, 5) is 42.5. The molecule has 1 atom stereocenters. The van der Waals surface area contributed by atoms with Gasteiger partial charge in [-0.3, -0.25) is 14.4 Å². The number of hydrogen-bond acceptors (Lipinski definition) is 7. The molecular formula is C22H37N3O5. The number of nitrogens with one attached hydrogen (secondary N) is 2. The number of aryl methyl sites for hydroxylation is 1. The molecule has 30 heavy (non-hydrogen) atoms. The Morgan fingerprint density at radius 2 is 1.87 bits per heavy atom. The summed E-state index contributed by atoms with van der Waals surface area (Å²) < 4.78 is 10.6. The number of rotatable bonds is 20. The first-order valence-corrected chi connectivity index (χ1v) is 10.9. The van der Waals surface area contributed by atoms with Gasteiger partial charge in [-0.2, -0.15) is 0 Å². The first-order valence-electron chi connectivity index (χ1n) is 10.9. The molecule has 0 aliphatic carbocycles. The molecule has 8 nitrogen and oxygen atoms in total. The Balaban J connectivity index is 2.07. The lowest BCUT2D eigenvalue weighted by Gasteiger charge is -2.15. The lowest BCUT2D eigenvalue weighted by atomic mass is 10.0. The van der Waals surface area contributed by atoms with Crippen LogP contribution in [0.15, 0.2) is 12.5 Å². The molecule has 1 rings (SSSR count). The number of aromatic amines is 1. The van der Waals surface area contributed by atoms with Crippen molar-refractivity contribution in [3.63, 3.8) is 0 Å². The molecule has 0 radical (unpaired) electrons. The van der Waals surface area contributed by atoms with Gasteiger partial charge < -0.3 is 19.8 Å². The van der Waals surface area contributed by atoms with Gasteiger partial charge >= 0.3 is 0 Å². The molecule has 0 aromatic carbocycles. The summed E-state index contributed by atoms with van der Waals surface area (Å²) in [6.07, 6.45) is 8.94. The summed E-state index contributed by atoms with van der Waals surface area (Å²) in [6, 6.07) is -0.316. The van der Waals surface area contributed by atoms with Crippen molar-refractivity contribution in [3.8, 4) is 0 Å². The summed E-state index contributed by atoms with van der Waals surface area (Å²) >= 11 is 0. The second-order valence-corrected chi connectivity index (χ2v) is 7.46. The topological polar surface area (TPSA) is 110 Å². The molecule has 1 aromatic heterocycles. The predicted octanol–water partition coefficient (Wildman–Crippen LogP) is 2.42. The zero-order valence-electron chi connectivity index (χ0n) is 18.4. The molecule has 0 bridgehead atoms. The quantitative estimate of drug-likeness (QED) is 0.310. The minimum absolute atomic E-state index is 0.0335. The zero-order chi connectivity index (χ0) is 22.0. The van der Waals surface area contributed by atoms with E-state index in [1.54, 1.807) is 12.5 Å². The van der Waals surface area contributed by atoms with Crippen LogP contribution in [0, 0.1) is 0 Å². The lowest BCUT2D eigenvalue weighted by Crippen LogP contribution is -2.38. The van der Waals surface area contributed by atoms with Crippen LogP contribution in [0.2, 0.25) is 0 Å². The first-order chi connectivity index (χ1) is 14.5. The van der Waals surface area contributed by atoms with Gasteiger partial charge in [0, 0.05) is 31.3 Å². The highest BCUT2D eigenvalue weighted by Crippen LogP contribution is 2.08. The van der Waals surface area contributed by atoms with Crippen LogP contribution in [-0.2, 0) is 30.3 Å². The molecule has 0 unspecified atom stereocenters. The maximum Gasteiger partial charge on any atom is 0.158 e. The van der Waals surface area contributed by atoms with E-state index in [4.69, 9.17) is 9.47 Å². The Morgan fingerprint density at radius 1 is 1.07 bits per heavy atom. The second kappa shape index (κ2) is 16.8. The average Bonchev–Trinajstić information content (AvgIpc) is 3.24. The number of ketones is 3. The fourth-order valence-electron chi connectivity index (χ4n) is 2.94. The Hall–Kier alpha value is -1.90. The number of aromatic nitrogens is 2. The minimum Gasteiger partial charge on any atom is -0.379 e. The monoisotopic (exact) mass is 423 g/mol. The Labute approximate surface area is 179 Å². The summed E-state index contributed by atoms with van der Waals surface area (Å²) in [5.74, 6) is 0.197. The van der Waals surface area contributed by atoms with E-state index >= 15 is 0 Å². The fraction of sp³-hybridized carbons (Fsp3) is 0.727. The maximum absolute atomic E-state index is 12.0. The van der Waals surface area contributed by atoms with E-state index < -0.39 is 0 Å². The van der Waals surface area contributed by atoms with Gasteiger partial charge in [-0.1, -0.05) is 19.8 Å². The summed E-state index contributed by atoms with van der Waals surface area (Å²) in [5.41, 5.74) is 0.927. The number of nitrogens with zero attached hydrogens (tertiary/aromatic N) is 1. The van der Waals surface area contributed by atoms with Crippen LogP contribution in [0.1, 0.15) is 64.5 Å². The highest BCUT2D eigenvalue weighted by Gasteiger charge is 2.15. The molecule has 0 amide bonds. The van der Waals surface area contributed by atoms with Crippen LogP contribution >= 0.6 is 0 Å². The van der Waals surface area contributed by atoms with Crippen molar-refractivity contribution in [2.24, 2.45) is 0 Å². The van der Waals surface area contributed by atoms with Crippen molar-refractivity contribution in [1.29, 1.82) is 0 Å². The third kappa shape index (κ3) is 13.3. The molecular weight excluding hydrogens is 386 g/mol. The highest BCUT2D eigenvalue weighted by atomic mass is 16.5. The molecule has 1 heterocycles. The maximum atomic E-state index is 12.0. The van der Waals surface area contributed by atoms with Crippen molar-refractivity contribution >= 4 is 17.3 Å². The Bertz CT molecular complexity index is 604. The van der Waals surface area contributed by atoms with Gasteiger partial charge in [-0.05, 0) is 32.6 Å². The van der Waals surface area contributed by atoms with Crippen LogP contribution in [-0.4, -0.2) is 66.3 Å². The third-order valence-electron chi connectivity index (χ3n) is 4.70. The van der Waals surface area contributed by atoms with Gasteiger partial charge in [0.15, 0.2) is 5.78 Å². The molecule has 8 heteroatoms. The first kappa shape index (κ1) is 26.1. The van der Waals surface area contributed by atoms with Crippen molar-refractivity contribution in [3.05, 3.63) is 18.2 Å². The van der Waals surface area contributed by atoms with E-state index in [1.807, 2.05) is 6.92 Å². The van der Waals surface area contributed by atoms with E-state index in [9.17, 15) is 14.4 Å². The fourth-order valence-corrected chi connectivity index (χ4v) is 2.94. The molecule has 0 saturated carbocycles. The Kier molecular flexibility index (Phi) is 14.7. The van der Waals surface area contributed by atoms with Gasteiger partial charge in [0.1, 0.15) is 18.2 Å². The molecule has 1 aromatic rings. The largest absolute Gasteiger partial charge is 0.379 e. The van der Waals surface area contributed by atoms with Crippen LogP contribution in [0.4, 0.5) is 0 Å². The lowest BCUT2D eigenvalue weighted by molar-refractivity contribution is -0.124. The number of carbonyl (C=O) groups excluding carboxylic acids is 3. The van der Waals surface area contributed by atoms with Crippen molar-refractivity contribution in [2.45, 2.75) is 71.3 Å². The SMILES string of the molecule is CCCOCCOCC(=O)CCCCC[C@H](NCC(=O)CCc1cnc[nH]1)C(C)=O. The molecule has 170 valence electrons. The predicted molar refractivity (Wildman–Crippen MR) is 114 cm³/mol. The normalized spacial score (nSPS) is 12.1. The highest BCUT2D eigenvalue weighted by molar-refractivity contribution is 5.84. The van der Waals surface area contributed by atoms with E-state index in [0.717, 1.165) is 31.4 Å². The number of carbonyl (C=O) groups is 3. The van der Waals surface area contributed by atoms with Crippen LogP contribution < -0.4 is 5.32 Å². The zero-order valence-corrected chi connectivity index (χ0v) is 18.4. The smallest absolute Gasteiger partial charge is 0.158 e. The van der Waals surface area contributed by atoms with E-state index in [2.05, 4.69) is 15.3 Å². The van der Waals surface area contributed by atoms with Crippen molar-refractivity contribution in [1.82, 2.24) is 15.3 Å². The van der Waals surface area contributed by atoms with Crippen molar-refractivity contribution < 1.29 is 23.9 Å². The molecule has 0 saturated heterocycles.